The molecular formula is C17H17NO2. The monoisotopic (exact) mass is 267 g/mol. The lowest BCUT2D eigenvalue weighted by molar-refractivity contribution is 0.296. The zero-order valence-electron chi connectivity index (χ0n) is 11.4. The number of fused-ring (bicyclic) bond motifs is 1. The van der Waals surface area contributed by atoms with Gasteiger partial charge in [0.2, 0.25) is 0 Å². The SMILES string of the molecule is CCn1c(COc2ccccc2)cc2ccc(O)cc21. The van der Waals surface area contributed by atoms with Crippen LogP contribution in [0.3, 0.4) is 0 Å². The van der Waals surface area contributed by atoms with Gasteiger partial charge in [0.05, 0.1) is 11.2 Å². The van der Waals surface area contributed by atoms with Gasteiger partial charge in [-0.05, 0) is 37.3 Å². The van der Waals surface area contributed by atoms with E-state index in [2.05, 4.69) is 17.6 Å². The summed E-state index contributed by atoms with van der Waals surface area (Å²) in [6.45, 7) is 3.46. The van der Waals surface area contributed by atoms with Crippen LogP contribution in [0.2, 0.25) is 0 Å². The Labute approximate surface area is 118 Å². The fraction of sp³-hybridized carbons (Fsp3) is 0.176. The van der Waals surface area contributed by atoms with E-state index >= 15 is 0 Å². The minimum atomic E-state index is 0.292. The molecule has 3 aromatic rings. The van der Waals surface area contributed by atoms with E-state index < -0.39 is 0 Å². The maximum atomic E-state index is 9.62. The van der Waals surface area contributed by atoms with Crippen LogP contribution < -0.4 is 4.74 Å². The smallest absolute Gasteiger partial charge is 0.128 e. The number of aryl methyl sites for hydroxylation is 1. The van der Waals surface area contributed by atoms with Crippen molar-refractivity contribution in [1.82, 2.24) is 4.57 Å². The van der Waals surface area contributed by atoms with E-state index in [4.69, 9.17) is 4.74 Å². The van der Waals surface area contributed by atoms with Crippen molar-refractivity contribution in [2.24, 2.45) is 0 Å². The van der Waals surface area contributed by atoms with Crippen molar-refractivity contribution in [2.75, 3.05) is 0 Å². The second-order valence-corrected chi connectivity index (χ2v) is 4.72. The van der Waals surface area contributed by atoms with Gasteiger partial charge in [-0.15, -0.1) is 0 Å². The summed E-state index contributed by atoms with van der Waals surface area (Å²) in [4.78, 5) is 0. The van der Waals surface area contributed by atoms with E-state index in [1.807, 2.05) is 36.4 Å². The van der Waals surface area contributed by atoms with Crippen molar-refractivity contribution in [1.29, 1.82) is 0 Å². The minimum Gasteiger partial charge on any atom is -0.508 e. The molecule has 0 amide bonds. The Bertz CT molecular complexity index is 716. The first-order valence-electron chi connectivity index (χ1n) is 6.77. The van der Waals surface area contributed by atoms with Crippen LogP contribution in [-0.2, 0) is 13.2 Å². The van der Waals surface area contributed by atoms with Crippen LogP contribution in [0.5, 0.6) is 11.5 Å². The number of aromatic hydroxyl groups is 1. The lowest BCUT2D eigenvalue weighted by Gasteiger charge is -2.09. The summed E-state index contributed by atoms with van der Waals surface area (Å²) in [5.74, 6) is 1.16. The fourth-order valence-corrected chi connectivity index (χ4v) is 2.47. The molecule has 0 atom stereocenters. The van der Waals surface area contributed by atoms with E-state index in [-0.39, 0.29) is 0 Å². The number of phenols is 1. The van der Waals surface area contributed by atoms with Gasteiger partial charge in [0.1, 0.15) is 18.1 Å². The van der Waals surface area contributed by atoms with Crippen LogP contribution in [0, 0.1) is 0 Å². The van der Waals surface area contributed by atoms with Crippen LogP contribution >= 0.6 is 0 Å². The van der Waals surface area contributed by atoms with Gasteiger partial charge in [0.25, 0.3) is 0 Å². The topological polar surface area (TPSA) is 34.4 Å². The molecular weight excluding hydrogens is 250 g/mol. The minimum absolute atomic E-state index is 0.292. The van der Waals surface area contributed by atoms with Gasteiger partial charge in [-0.3, -0.25) is 0 Å². The first-order valence-corrected chi connectivity index (χ1v) is 6.77. The maximum Gasteiger partial charge on any atom is 0.128 e. The Morgan fingerprint density at radius 3 is 2.60 bits per heavy atom. The van der Waals surface area contributed by atoms with Crippen molar-refractivity contribution in [3.63, 3.8) is 0 Å². The van der Waals surface area contributed by atoms with E-state index in [0.29, 0.717) is 12.4 Å². The van der Waals surface area contributed by atoms with Gasteiger partial charge in [-0.2, -0.15) is 0 Å². The summed E-state index contributed by atoms with van der Waals surface area (Å²) in [6, 6.07) is 17.3. The van der Waals surface area contributed by atoms with Crippen molar-refractivity contribution in [3.05, 3.63) is 60.3 Å². The van der Waals surface area contributed by atoms with Crippen molar-refractivity contribution >= 4 is 10.9 Å². The molecule has 0 aliphatic rings. The highest BCUT2D eigenvalue weighted by atomic mass is 16.5. The summed E-state index contributed by atoms with van der Waals surface area (Å²) in [5, 5.41) is 10.7. The number of nitrogens with zero attached hydrogens (tertiary/aromatic N) is 1. The second-order valence-electron chi connectivity index (χ2n) is 4.72. The molecule has 20 heavy (non-hydrogen) atoms. The van der Waals surface area contributed by atoms with Gasteiger partial charge in [0, 0.05) is 18.0 Å². The van der Waals surface area contributed by atoms with Gasteiger partial charge in [0.15, 0.2) is 0 Å². The molecule has 0 aliphatic heterocycles. The van der Waals surface area contributed by atoms with Gasteiger partial charge in [-0.1, -0.05) is 18.2 Å². The van der Waals surface area contributed by atoms with Gasteiger partial charge < -0.3 is 14.4 Å². The zero-order chi connectivity index (χ0) is 13.9. The first-order chi connectivity index (χ1) is 9.78. The molecule has 0 unspecified atom stereocenters. The molecule has 3 heteroatoms. The largest absolute Gasteiger partial charge is 0.508 e. The number of para-hydroxylation sites is 1. The van der Waals surface area contributed by atoms with E-state index in [0.717, 1.165) is 28.9 Å². The maximum absolute atomic E-state index is 9.62. The average Bonchev–Trinajstić information content (AvgIpc) is 2.83. The van der Waals surface area contributed by atoms with Crippen LogP contribution in [-0.4, -0.2) is 9.67 Å². The third-order valence-corrected chi connectivity index (χ3v) is 3.42. The highest BCUT2D eigenvalue weighted by molar-refractivity contribution is 5.82. The molecule has 1 N–H and O–H groups in total. The van der Waals surface area contributed by atoms with Crippen molar-refractivity contribution in [3.8, 4) is 11.5 Å². The molecule has 0 radical (unpaired) electrons. The number of ether oxygens (including phenoxy) is 1. The summed E-state index contributed by atoms with van der Waals surface area (Å²) in [5.41, 5.74) is 2.15. The highest BCUT2D eigenvalue weighted by Gasteiger charge is 2.08. The lowest BCUT2D eigenvalue weighted by Crippen LogP contribution is -2.04. The van der Waals surface area contributed by atoms with Crippen molar-refractivity contribution < 1.29 is 9.84 Å². The molecule has 0 spiro atoms. The summed E-state index contributed by atoms with van der Waals surface area (Å²) in [6.07, 6.45) is 0. The molecule has 0 fully saturated rings. The molecule has 1 aromatic heterocycles. The zero-order valence-corrected chi connectivity index (χ0v) is 11.4. The molecule has 3 nitrogen and oxygen atoms in total. The number of hydrogen-bond donors (Lipinski definition) is 1. The molecule has 0 saturated heterocycles. The molecule has 0 aliphatic carbocycles. The number of hydrogen-bond acceptors (Lipinski definition) is 2. The van der Waals surface area contributed by atoms with Crippen LogP contribution in [0.4, 0.5) is 0 Å². The van der Waals surface area contributed by atoms with Crippen LogP contribution in [0.15, 0.2) is 54.6 Å². The predicted octanol–water partition coefficient (Wildman–Crippen LogP) is 3.95. The molecule has 0 bridgehead atoms. The Morgan fingerprint density at radius 2 is 1.85 bits per heavy atom. The molecule has 102 valence electrons. The number of aromatic nitrogens is 1. The third-order valence-electron chi connectivity index (χ3n) is 3.42. The second kappa shape index (κ2) is 5.29. The summed E-state index contributed by atoms with van der Waals surface area (Å²) < 4.78 is 7.98. The van der Waals surface area contributed by atoms with E-state index in [1.54, 1.807) is 12.1 Å². The Balaban J connectivity index is 1.91. The summed E-state index contributed by atoms with van der Waals surface area (Å²) >= 11 is 0. The Hall–Kier alpha value is -2.42. The fourth-order valence-electron chi connectivity index (χ4n) is 2.47. The Kier molecular flexibility index (Phi) is 3.33. The van der Waals surface area contributed by atoms with Crippen LogP contribution in [0.1, 0.15) is 12.6 Å². The molecule has 2 aromatic carbocycles. The van der Waals surface area contributed by atoms with Crippen LogP contribution in [0.25, 0.3) is 10.9 Å². The quantitative estimate of drug-likeness (QED) is 0.776. The van der Waals surface area contributed by atoms with E-state index in [1.165, 1.54) is 0 Å². The first kappa shape index (κ1) is 12.6. The van der Waals surface area contributed by atoms with Gasteiger partial charge in [-0.25, -0.2) is 0 Å². The van der Waals surface area contributed by atoms with Crippen molar-refractivity contribution in [2.45, 2.75) is 20.1 Å². The standard InChI is InChI=1S/C17H17NO2/c1-2-18-14(12-20-16-6-4-3-5-7-16)10-13-8-9-15(19)11-17(13)18/h3-11,19H,2,12H2,1H3. The number of benzene rings is 2. The normalized spacial score (nSPS) is 10.8. The number of rotatable bonds is 4. The summed E-state index contributed by atoms with van der Waals surface area (Å²) in [7, 11) is 0. The van der Waals surface area contributed by atoms with Gasteiger partial charge >= 0.3 is 0 Å². The third kappa shape index (κ3) is 2.35. The predicted molar refractivity (Wildman–Crippen MR) is 80.1 cm³/mol. The molecule has 0 saturated carbocycles. The number of phenolic OH excluding ortho intramolecular Hbond substituents is 1. The molecule has 3 rings (SSSR count). The van der Waals surface area contributed by atoms with E-state index in [9.17, 15) is 5.11 Å². The average molecular weight is 267 g/mol. The molecule has 1 heterocycles. The highest BCUT2D eigenvalue weighted by Crippen LogP contribution is 2.25. The lowest BCUT2D eigenvalue weighted by atomic mass is 10.2. The Morgan fingerprint density at radius 1 is 1.05 bits per heavy atom.